The molecule has 2 atom stereocenters. The molecule has 2 aliphatic rings. The summed E-state index contributed by atoms with van der Waals surface area (Å²) in [6, 6.07) is 5.72. The van der Waals surface area contributed by atoms with Crippen molar-refractivity contribution in [3.63, 3.8) is 0 Å². The number of aromatic hydroxyl groups is 1. The molecule has 1 aliphatic heterocycles. The molecule has 0 radical (unpaired) electrons. The van der Waals surface area contributed by atoms with E-state index in [-0.39, 0.29) is 11.7 Å². The number of phenols is 1. The standard InChI is InChI=1S/C16H21NO2/c1-11-6-7-13(15(18)10-11)16(19)17-9-8-12-4-2-3-5-14(12)17/h6-7,10,12,14,18H,2-5,8-9H2,1H3. The van der Waals surface area contributed by atoms with Gasteiger partial charge in [0.05, 0.1) is 5.56 Å². The Bertz CT molecular complexity index is 498. The molecule has 3 heteroatoms. The van der Waals surface area contributed by atoms with Gasteiger partial charge in [0.15, 0.2) is 0 Å². The minimum Gasteiger partial charge on any atom is -0.507 e. The first-order chi connectivity index (χ1) is 9.16. The van der Waals surface area contributed by atoms with E-state index in [2.05, 4.69) is 0 Å². The Hall–Kier alpha value is -1.51. The normalized spacial score (nSPS) is 26.3. The first-order valence-corrected chi connectivity index (χ1v) is 7.27. The highest BCUT2D eigenvalue weighted by molar-refractivity contribution is 5.97. The zero-order chi connectivity index (χ0) is 13.4. The Morgan fingerprint density at radius 1 is 1.26 bits per heavy atom. The molecule has 1 aromatic carbocycles. The quantitative estimate of drug-likeness (QED) is 0.842. The lowest BCUT2D eigenvalue weighted by atomic mass is 9.85. The van der Waals surface area contributed by atoms with Gasteiger partial charge in [0.25, 0.3) is 5.91 Å². The van der Waals surface area contributed by atoms with Crippen LogP contribution in [0.15, 0.2) is 18.2 Å². The fraction of sp³-hybridized carbons (Fsp3) is 0.562. The van der Waals surface area contributed by atoms with Crippen molar-refractivity contribution in [3.05, 3.63) is 29.3 Å². The van der Waals surface area contributed by atoms with Crippen LogP contribution in [0.25, 0.3) is 0 Å². The van der Waals surface area contributed by atoms with Crippen LogP contribution in [0.2, 0.25) is 0 Å². The van der Waals surface area contributed by atoms with E-state index in [0.717, 1.165) is 24.9 Å². The first kappa shape index (κ1) is 12.5. The van der Waals surface area contributed by atoms with Gasteiger partial charge >= 0.3 is 0 Å². The number of hydrogen-bond donors (Lipinski definition) is 1. The van der Waals surface area contributed by atoms with Crippen LogP contribution in [0.5, 0.6) is 5.75 Å². The molecule has 2 unspecified atom stereocenters. The van der Waals surface area contributed by atoms with Gasteiger partial charge in [0.1, 0.15) is 5.75 Å². The number of carbonyl (C=O) groups excluding carboxylic acids is 1. The molecular formula is C16H21NO2. The van der Waals surface area contributed by atoms with E-state index < -0.39 is 0 Å². The van der Waals surface area contributed by atoms with Gasteiger partial charge in [-0.2, -0.15) is 0 Å². The van der Waals surface area contributed by atoms with Gasteiger partial charge in [0.2, 0.25) is 0 Å². The Morgan fingerprint density at radius 2 is 2.05 bits per heavy atom. The number of hydrogen-bond acceptors (Lipinski definition) is 2. The lowest BCUT2D eigenvalue weighted by Crippen LogP contribution is -2.39. The summed E-state index contributed by atoms with van der Waals surface area (Å²) >= 11 is 0. The molecule has 2 fully saturated rings. The van der Waals surface area contributed by atoms with Crippen molar-refractivity contribution in [1.29, 1.82) is 0 Å². The molecule has 1 saturated heterocycles. The van der Waals surface area contributed by atoms with Crippen LogP contribution < -0.4 is 0 Å². The predicted molar refractivity (Wildman–Crippen MR) is 74.2 cm³/mol. The summed E-state index contributed by atoms with van der Waals surface area (Å²) in [6.07, 6.45) is 6.05. The predicted octanol–water partition coefficient (Wildman–Crippen LogP) is 3.11. The maximum atomic E-state index is 12.6. The number of benzene rings is 1. The fourth-order valence-corrected chi connectivity index (χ4v) is 3.64. The van der Waals surface area contributed by atoms with Crippen LogP contribution in [-0.4, -0.2) is 28.5 Å². The number of phenolic OH excluding ortho intramolecular Hbond substituents is 1. The second-order valence-electron chi connectivity index (χ2n) is 5.92. The molecule has 0 bridgehead atoms. The molecule has 1 amide bonds. The molecule has 1 aromatic rings. The van der Waals surface area contributed by atoms with Crippen molar-refractivity contribution < 1.29 is 9.90 Å². The van der Waals surface area contributed by atoms with Crippen molar-refractivity contribution in [3.8, 4) is 5.75 Å². The summed E-state index contributed by atoms with van der Waals surface area (Å²) in [5.41, 5.74) is 1.43. The molecule has 1 saturated carbocycles. The molecular weight excluding hydrogens is 238 g/mol. The Morgan fingerprint density at radius 3 is 2.84 bits per heavy atom. The topological polar surface area (TPSA) is 40.5 Å². The van der Waals surface area contributed by atoms with Crippen LogP contribution in [-0.2, 0) is 0 Å². The van der Waals surface area contributed by atoms with Crippen molar-refractivity contribution in [2.24, 2.45) is 5.92 Å². The number of rotatable bonds is 1. The highest BCUT2D eigenvalue weighted by Crippen LogP contribution is 2.37. The molecule has 1 aliphatic carbocycles. The van der Waals surface area contributed by atoms with E-state index in [1.165, 1.54) is 19.3 Å². The van der Waals surface area contributed by atoms with Crippen LogP contribution in [0.3, 0.4) is 0 Å². The summed E-state index contributed by atoms with van der Waals surface area (Å²) in [5.74, 6) is 0.807. The average Bonchev–Trinajstić information content (AvgIpc) is 2.82. The molecule has 1 heterocycles. The van der Waals surface area contributed by atoms with Crippen molar-refractivity contribution in [2.75, 3.05) is 6.54 Å². The number of carbonyl (C=O) groups is 1. The summed E-state index contributed by atoms with van der Waals surface area (Å²) in [6.45, 7) is 2.77. The number of aryl methyl sites for hydroxylation is 1. The van der Waals surface area contributed by atoms with E-state index in [0.29, 0.717) is 17.5 Å². The lowest BCUT2D eigenvalue weighted by molar-refractivity contribution is 0.0687. The van der Waals surface area contributed by atoms with E-state index in [1.807, 2.05) is 17.9 Å². The van der Waals surface area contributed by atoms with Gasteiger partial charge in [-0.15, -0.1) is 0 Å². The molecule has 102 valence electrons. The second-order valence-corrected chi connectivity index (χ2v) is 5.92. The van der Waals surface area contributed by atoms with Crippen LogP contribution in [0.1, 0.15) is 48.0 Å². The summed E-state index contributed by atoms with van der Waals surface area (Å²) < 4.78 is 0. The average molecular weight is 259 g/mol. The minimum atomic E-state index is 0.00639. The Balaban J connectivity index is 1.83. The number of amides is 1. The fourth-order valence-electron chi connectivity index (χ4n) is 3.64. The van der Waals surface area contributed by atoms with Crippen LogP contribution >= 0.6 is 0 Å². The highest BCUT2D eigenvalue weighted by Gasteiger charge is 2.38. The largest absolute Gasteiger partial charge is 0.507 e. The molecule has 3 rings (SSSR count). The molecule has 1 N–H and O–H groups in total. The van der Waals surface area contributed by atoms with Gasteiger partial charge in [-0.05, 0) is 49.8 Å². The summed E-state index contributed by atoms with van der Waals surface area (Å²) in [5, 5.41) is 9.97. The summed E-state index contributed by atoms with van der Waals surface area (Å²) in [7, 11) is 0. The van der Waals surface area contributed by atoms with Gasteiger partial charge in [-0.1, -0.05) is 18.9 Å². The lowest BCUT2D eigenvalue weighted by Gasteiger charge is -2.31. The maximum Gasteiger partial charge on any atom is 0.257 e. The van der Waals surface area contributed by atoms with Crippen LogP contribution in [0, 0.1) is 12.8 Å². The van der Waals surface area contributed by atoms with Gasteiger partial charge < -0.3 is 10.0 Å². The van der Waals surface area contributed by atoms with Gasteiger partial charge in [0, 0.05) is 12.6 Å². The third-order valence-electron chi connectivity index (χ3n) is 4.65. The zero-order valence-electron chi connectivity index (χ0n) is 11.4. The van der Waals surface area contributed by atoms with E-state index >= 15 is 0 Å². The molecule has 0 spiro atoms. The van der Waals surface area contributed by atoms with Crippen molar-refractivity contribution in [2.45, 2.75) is 45.1 Å². The number of nitrogens with zero attached hydrogens (tertiary/aromatic N) is 1. The smallest absolute Gasteiger partial charge is 0.257 e. The highest BCUT2D eigenvalue weighted by atomic mass is 16.3. The van der Waals surface area contributed by atoms with Crippen molar-refractivity contribution in [1.82, 2.24) is 4.90 Å². The molecule has 19 heavy (non-hydrogen) atoms. The minimum absolute atomic E-state index is 0.00639. The molecule has 3 nitrogen and oxygen atoms in total. The summed E-state index contributed by atoms with van der Waals surface area (Å²) in [4.78, 5) is 14.6. The van der Waals surface area contributed by atoms with E-state index in [9.17, 15) is 9.90 Å². The number of fused-ring (bicyclic) bond motifs is 1. The Kier molecular flexibility index (Phi) is 3.21. The SMILES string of the molecule is Cc1ccc(C(=O)N2CCC3CCCCC32)c(O)c1. The van der Waals surface area contributed by atoms with Gasteiger partial charge in [-0.25, -0.2) is 0 Å². The maximum absolute atomic E-state index is 12.6. The number of likely N-dealkylation sites (tertiary alicyclic amines) is 1. The van der Waals surface area contributed by atoms with E-state index in [4.69, 9.17) is 0 Å². The molecule has 0 aromatic heterocycles. The van der Waals surface area contributed by atoms with Gasteiger partial charge in [-0.3, -0.25) is 4.79 Å². The zero-order valence-corrected chi connectivity index (χ0v) is 11.4. The monoisotopic (exact) mass is 259 g/mol. The second kappa shape index (κ2) is 4.87. The Labute approximate surface area is 114 Å². The third kappa shape index (κ3) is 2.22. The first-order valence-electron chi connectivity index (χ1n) is 7.27. The van der Waals surface area contributed by atoms with Crippen LogP contribution in [0.4, 0.5) is 0 Å². The third-order valence-corrected chi connectivity index (χ3v) is 4.65. The van der Waals surface area contributed by atoms with Crippen molar-refractivity contribution >= 4 is 5.91 Å². The van der Waals surface area contributed by atoms with E-state index in [1.54, 1.807) is 12.1 Å².